The minimum atomic E-state index is -3.42. The number of hydrogen-bond acceptors (Lipinski definition) is 4. The molecule has 27 heavy (non-hydrogen) atoms. The van der Waals surface area contributed by atoms with E-state index in [0.29, 0.717) is 5.69 Å². The average molecular weight is 407 g/mol. The maximum Gasteiger partial charge on any atom is 0.257 e. The van der Waals surface area contributed by atoms with Crippen molar-refractivity contribution in [3.05, 3.63) is 53.1 Å². The molecule has 0 bridgehead atoms. The number of carbonyl (C=O) groups is 1. The monoisotopic (exact) mass is 406 g/mol. The van der Waals surface area contributed by atoms with Crippen molar-refractivity contribution in [3.63, 3.8) is 0 Å². The Hall–Kier alpha value is -2.05. The van der Waals surface area contributed by atoms with E-state index in [1.165, 1.54) is 31.0 Å². The highest BCUT2D eigenvalue weighted by Crippen LogP contribution is 2.29. The number of sulfone groups is 1. The van der Waals surface area contributed by atoms with Gasteiger partial charge in [-0.3, -0.25) is 4.79 Å². The van der Waals surface area contributed by atoms with Crippen LogP contribution in [0.15, 0.2) is 47.4 Å². The van der Waals surface area contributed by atoms with Gasteiger partial charge in [0, 0.05) is 19.3 Å². The number of nitrogens with one attached hydrogen (secondary N) is 1. The highest BCUT2D eigenvalue weighted by molar-refractivity contribution is 7.90. The van der Waals surface area contributed by atoms with E-state index < -0.39 is 15.7 Å². The topological polar surface area (TPSA) is 66.5 Å². The molecule has 2 aromatic rings. The molecule has 1 aliphatic heterocycles. The van der Waals surface area contributed by atoms with Crippen LogP contribution in [0.4, 0.5) is 11.4 Å². The summed E-state index contributed by atoms with van der Waals surface area (Å²) >= 11 is 6.15. The molecule has 1 aliphatic rings. The Morgan fingerprint density at radius 1 is 1.04 bits per heavy atom. The lowest BCUT2D eigenvalue weighted by molar-refractivity contribution is 0.102. The summed E-state index contributed by atoms with van der Waals surface area (Å²) in [6, 6.07) is 11.8. The van der Waals surface area contributed by atoms with Gasteiger partial charge in [-0.25, -0.2) is 8.42 Å². The van der Waals surface area contributed by atoms with Crippen molar-refractivity contribution >= 4 is 38.7 Å². The molecule has 0 saturated carbocycles. The molecule has 0 radical (unpaired) electrons. The summed E-state index contributed by atoms with van der Waals surface area (Å²) < 4.78 is 23.6. The van der Waals surface area contributed by atoms with Crippen LogP contribution in [0.5, 0.6) is 0 Å². The quantitative estimate of drug-likeness (QED) is 0.818. The second-order valence-corrected chi connectivity index (χ2v) is 9.21. The van der Waals surface area contributed by atoms with Crippen molar-refractivity contribution in [1.82, 2.24) is 0 Å². The number of benzene rings is 2. The van der Waals surface area contributed by atoms with E-state index >= 15 is 0 Å². The Kier molecular flexibility index (Phi) is 6.07. The Morgan fingerprint density at radius 2 is 1.70 bits per heavy atom. The SMILES string of the molecule is CS(=O)(=O)c1ccc(Cl)c(C(=O)Nc2ccccc2N2CCCCCC2)c1. The number of anilines is 2. The van der Waals surface area contributed by atoms with E-state index in [9.17, 15) is 13.2 Å². The van der Waals surface area contributed by atoms with Gasteiger partial charge in [0.15, 0.2) is 9.84 Å². The van der Waals surface area contributed by atoms with Crippen LogP contribution in [-0.2, 0) is 9.84 Å². The summed E-state index contributed by atoms with van der Waals surface area (Å²) in [6.45, 7) is 1.91. The molecule has 1 heterocycles. The Morgan fingerprint density at radius 3 is 2.37 bits per heavy atom. The summed E-state index contributed by atoms with van der Waals surface area (Å²) in [5.41, 5.74) is 1.82. The predicted molar refractivity (Wildman–Crippen MR) is 110 cm³/mol. The van der Waals surface area contributed by atoms with E-state index in [1.54, 1.807) is 0 Å². The third-order valence-electron chi connectivity index (χ3n) is 4.71. The molecular weight excluding hydrogens is 384 g/mol. The highest BCUT2D eigenvalue weighted by atomic mass is 35.5. The molecule has 1 amide bonds. The fourth-order valence-electron chi connectivity index (χ4n) is 3.27. The van der Waals surface area contributed by atoms with Gasteiger partial charge in [0.25, 0.3) is 5.91 Å². The molecule has 7 heteroatoms. The van der Waals surface area contributed by atoms with Crippen LogP contribution in [-0.4, -0.2) is 33.7 Å². The minimum Gasteiger partial charge on any atom is -0.370 e. The van der Waals surface area contributed by atoms with Crippen LogP contribution in [0.1, 0.15) is 36.0 Å². The number of hydrogen-bond donors (Lipinski definition) is 1. The number of para-hydroxylation sites is 2. The molecule has 0 aliphatic carbocycles. The molecule has 5 nitrogen and oxygen atoms in total. The van der Waals surface area contributed by atoms with Gasteiger partial charge in [-0.05, 0) is 43.2 Å². The molecule has 3 rings (SSSR count). The molecule has 0 atom stereocenters. The summed E-state index contributed by atoms with van der Waals surface area (Å²) in [6.07, 6.45) is 5.80. The maximum atomic E-state index is 12.8. The standard InChI is InChI=1S/C20H23ClN2O3S/c1-27(25,26)15-10-11-17(21)16(14-15)20(24)22-18-8-4-5-9-19(18)23-12-6-2-3-7-13-23/h4-5,8-11,14H,2-3,6-7,12-13H2,1H3,(H,22,24). The van der Waals surface area contributed by atoms with E-state index in [4.69, 9.17) is 11.6 Å². The first-order chi connectivity index (χ1) is 12.9. The lowest BCUT2D eigenvalue weighted by Gasteiger charge is -2.25. The van der Waals surface area contributed by atoms with Gasteiger partial charge in [-0.1, -0.05) is 36.6 Å². The summed E-state index contributed by atoms with van der Waals surface area (Å²) in [7, 11) is -3.42. The number of carbonyl (C=O) groups excluding carboxylic acids is 1. The molecule has 2 aromatic carbocycles. The molecule has 1 saturated heterocycles. The van der Waals surface area contributed by atoms with Crippen molar-refractivity contribution in [2.75, 3.05) is 29.6 Å². The Bertz CT molecular complexity index is 936. The van der Waals surface area contributed by atoms with Gasteiger partial charge in [-0.2, -0.15) is 0 Å². The van der Waals surface area contributed by atoms with Gasteiger partial charge in [-0.15, -0.1) is 0 Å². The van der Waals surface area contributed by atoms with E-state index in [0.717, 1.165) is 37.9 Å². The number of amides is 1. The summed E-state index contributed by atoms with van der Waals surface area (Å²) in [5, 5.41) is 3.12. The maximum absolute atomic E-state index is 12.8. The zero-order valence-corrected chi connectivity index (χ0v) is 16.8. The number of rotatable bonds is 4. The van der Waals surface area contributed by atoms with E-state index in [1.807, 2.05) is 24.3 Å². The normalized spacial score (nSPS) is 15.3. The average Bonchev–Trinajstić information content (AvgIpc) is 2.91. The molecule has 0 aromatic heterocycles. The fourth-order valence-corrected chi connectivity index (χ4v) is 4.12. The molecule has 0 spiro atoms. The van der Waals surface area contributed by atoms with Crippen molar-refractivity contribution in [2.45, 2.75) is 30.6 Å². The van der Waals surface area contributed by atoms with Crippen molar-refractivity contribution in [1.29, 1.82) is 0 Å². The van der Waals surface area contributed by atoms with Crippen LogP contribution in [0.2, 0.25) is 5.02 Å². The molecular formula is C20H23ClN2O3S. The lowest BCUT2D eigenvalue weighted by Crippen LogP contribution is -2.25. The minimum absolute atomic E-state index is 0.0675. The van der Waals surface area contributed by atoms with Crippen LogP contribution >= 0.6 is 11.6 Å². The third-order valence-corrected chi connectivity index (χ3v) is 6.15. The zero-order chi connectivity index (χ0) is 19.4. The summed E-state index contributed by atoms with van der Waals surface area (Å²) in [4.78, 5) is 15.2. The van der Waals surface area contributed by atoms with Crippen molar-refractivity contribution in [2.24, 2.45) is 0 Å². The van der Waals surface area contributed by atoms with Crippen LogP contribution in [0.25, 0.3) is 0 Å². The van der Waals surface area contributed by atoms with Gasteiger partial charge in [0.05, 0.1) is 26.9 Å². The first-order valence-corrected chi connectivity index (χ1v) is 11.3. The number of nitrogens with zero attached hydrogens (tertiary/aromatic N) is 1. The van der Waals surface area contributed by atoms with Crippen LogP contribution in [0, 0.1) is 0 Å². The first-order valence-electron chi connectivity index (χ1n) is 9.01. The molecule has 144 valence electrons. The second kappa shape index (κ2) is 8.31. The van der Waals surface area contributed by atoms with Crippen LogP contribution in [0.3, 0.4) is 0 Å². The zero-order valence-electron chi connectivity index (χ0n) is 15.2. The van der Waals surface area contributed by atoms with Crippen LogP contribution < -0.4 is 10.2 Å². The molecule has 1 N–H and O–H groups in total. The van der Waals surface area contributed by atoms with E-state index in [-0.39, 0.29) is 15.5 Å². The van der Waals surface area contributed by atoms with Crippen molar-refractivity contribution < 1.29 is 13.2 Å². The number of halogens is 1. The fraction of sp³-hybridized carbons (Fsp3) is 0.350. The second-order valence-electron chi connectivity index (χ2n) is 6.79. The first kappa shape index (κ1) is 19.7. The van der Waals surface area contributed by atoms with E-state index in [2.05, 4.69) is 10.2 Å². The largest absolute Gasteiger partial charge is 0.370 e. The Balaban J connectivity index is 1.89. The highest BCUT2D eigenvalue weighted by Gasteiger charge is 2.18. The smallest absolute Gasteiger partial charge is 0.257 e. The lowest BCUT2D eigenvalue weighted by atomic mass is 10.2. The summed E-state index contributed by atoms with van der Waals surface area (Å²) in [5.74, 6) is -0.423. The van der Waals surface area contributed by atoms with Gasteiger partial charge < -0.3 is 10.2 Å². The molecule has 0 unspecified atom stereocenters. The van der Waals surface area contributed by atoms with Crippen molar-refractivity contribution in [3.8, 4) is 0 Å². The Labute approximate surface area is 165 Å². The van der Waals surface area contributed by atoms with Gasteiger partial charge >= 0.3 is 0 Å². The molecule has 1 fully saturated rings. The van der Waals surface area contributed by atoms with Gasteiger partial charge in [0.1, 0.15) is 0 Å². The van der Waals surface area contributed by atoms with Gasteiger partial charge in [0.2, 0.25) is 0 Å². The predicted octanol–water partition coefficient (Wildman–Crippen LogP) is 4.38. The third kappa shape index (κ3) is 4.82.